The fourth-order valence-corrected chi connectivity index (χ4v) is 1.12. The van der Waals surface area contributed by atoms with E-state index in [0.29, 0.717) is 4.38 Å². The highest BCUT2D eigenvalue weighted by atomic mass is 32.2. The third kappa shape index (κ3) is 7.61. The van der Waals surface area contributed by atoms with Crippen molar-refractivity contribution in [1.29, 1.82) is 0 Å². The zero-order valence-electron chi connectivity index (χ0n) is 6.71. The van der Waals surface area contributed by atoms with Crippen LogP contribution < -0.4 is 4.72 Å². The topological polar surface area (TPSA) is 38.3 Å². The second-order valence-corrected chi connectivity index (χ2v) is 3.59. The molecule has 5 heteroatoms. The van der Waals surface area contributed by atoms with Gasteiger partial charge in [-0.1, -0.05) is 0 Å². The number of ether oxygens (including phenoxy) is 1. The van der Waals surface area contributed by atoms with Crippen LogP contribution >= 0.6 is 24.2 Å². The van der Waals surface area contributed by atoms with Gasteiger partial charge in [-0.05, 0) is 26.1 Å². The third-order valence-electron chi connectivity index (χ3n) is 0.610. The van der Waals surface area contributed by atoms with E-state index in [-0.39, 0.29) is 12.0 Å². The maximum absolute atomic E-state index is 10.4. The monoisotopic (exact) mass is 193 g/mol. The number of amides is 1. The molecule has 0 radical (unpaired) electrons. The van der Waals surface area contributed by atoms with E-state index in [1.54, 1.807) is 0 Å². The summed E-state index contributed by atoms with van der Waals surface area (Å²) >= 11 is 5.80. The Labute approximate surface area is 76.0 Å². The summed E-state index contributed by atoms with van der Waals surface area (Å²) in [7, 11) is 0. The molecule has 0 aromatic rings. The minimum atomic E-state index is -0.135. The molecule has 0 spiro atoms. The summed E-state index contributed by atoms with van der Waals surface area (Å²) in [6.45, 7) is 5.17. The molecule has 0 aromatic carbocycles. The first-order valence-electron chi connectivity index (χ1n) is 3.16. The Morgan fingerprint density at radius 3 is 2.55 bits per heavy atom. The fourth-order valence-electron chi connectivity index (χ4n) is 0.330. The molecule has 3 nitrogen and oxygen atoms in total. The van der Waals surface area contributed by atoms with Gasteiger partial charge in [-0.2, -0.15) is 0 Å². The van der Waals surface area contributed by atoms with E-state index in [2.05, 4.69) is 4.72 Å². The maximum atomic E-state index is 10.4. The molecule has 0 atom stereocenters. The zero-order valence-corrected chi connectivity index (χ0v) is 8.34. The number of thiocarbonyl (C=S) groups is 1. The van der Waals surface area contributed by atoms with E-state index < -0.39 is 0 Å². The minimum Gasteiger partial charge on any atom is -0.475 e. The number of hydrogen-bond acceptors (Lipinski definition) is 4. The first-order chi connectivity index (χ1) is 5.02. The quantitative estimate of drug-likeness (QED) is 0.505. The van der Waals surface area contributed by atoms with E-state index >= 15 is 0 Å². The van der Waals surface area contributed by atoms with Crippen molar-refractivity contribution in [3.8, 4) is 0 Å². The van der Waals surface area contributed by atoms with Crippen molar-refractivity contribution in [2.75, 3.05) is 0 Å². The molecule has 0 fully saturated rings. The van der Waals surface area contributed by atoms with Gasteiger partial charge in [-0.3, -0.25) is 9.52 Å². The minimum absolute atomic E-state index is 0.0590. The number of rotatable bonds is 1. The normalized spacial score (nSPS) is 9.45. The van der Waals surface area contributed by atoms with Crippen molar-refractivity contribution in [2.24, 2.45) is 0 Å². The van der Waals surface area contributed by atoms with Gasteiger partial charge < -0.3 is 4.74 Å². The molecule has 11 heavy (non-hydrogen) atoms. The molecule has 0 aliphatic carbocycles. The van der Waals surface area contributed by atoms with Crippen LogP contribution in [0, 0.1) is 0 Å². The van der Waals surface area contributed by atoms with Crippen LogP contribution in [-0.4, -0.2) is 16.4 Å². The lowest BCUT2D eigenvalue weighted by atomic mass is 10.5. The third-order valence-corrected chi connectivity index (χ3v) is 1.61. The van der Waals surface area contributed by atoms with E-state index in [9.17, 15) is 4.79 Å². The van der Waals surface area contributed by atoms with Gasteiger partial charge >= 0.3 is 0 Å². The highest BCUT2D eigenvalue weighted by molar-refractivity contribution is 8.21. The molecule has 0 aliphatic rings. The molecule has 0 unspecified atom stereocenters. The van der Waals surface area contributed by atoms with E-state index in [0.717, 1.165) is 11.9 Å². The summed E-state index contributed by atoms with van der Waals surface area (Å²) in [4.78, 5) is 10.4. The smallest absolute Gasteiger partial charge is 0.241 e. The number of carbonyl (C=O) groups excluding carboxylic acids is 1. The first-order valence-corrected chi connectivity index (χ1v) is 4.39. The van der Waals surface area contributed by atoms with Crippen LogP contribution in [0.1, 0.15) is 20.8 Å². The van der Waals surface area contributed by atoms with Crippen molar-refractivity contribution >= 4 is 34.5 Å². The fraction of sp³-hybridized carbons (Fsp3) is 0.667. The Hall–Kier alpha value is -0.290. The van der Waals surface area contributed by atoms with Gasteiger partial charge in [0.15, 0.2) is 0 Å². The SMILES string of the molecule is CC(=O)NSC(=S)OC(C)C. The molecule has 0 saturated carbocycles. The van der Waals surface area contributed by atoms with Gasteiger partial charge in [0.25, 0.3) is 0 Å². The summed E-state index contributed by atoms with van der Waals surface area (Å²) in [6.07, 6.45) is 0.0590. The average molecular weight is 193 g/mol. The number of nitrogens with one attached hydrogen (secondary N) is 1. The maximum Gasteiger partial charge on any atom is 0.241 e. The molecule has 0 bridgehead atoms. The lowest BCUT2D eigenvalue weighted by Gasteiger charge is -2.08. The summed E-state index contributed by atoms with van der Waals surface area (Å²) in [6, 6.07) is 0. The van der Waals surface area contributed by atoms with Crippen LogP contribution in [-0.2, 0) is 9.53 Å². The summed E-state index contributed by atoms with van der Waals surface area (Å²) in [5.74, 6) is -0.135. The predicted molar refractivity (Wildman–Crippen MR) is 50.2 cm³/mol. The molecule has 0 saturated heterocycles. The Bertz CT molecular complexity index is 159. The van der Waals surface area contributed by atoms with Gasteiger partial charge in [0, 0.05) is 18.9 Å². The lowest BCUT2D eigenvalue weighted by Crippen LogP contribution is -2.16. The molecule has 0 aromatic heterocycles. The van der Waals surface area contributed by atoms with E-state index in [4.69, 9.17) is 17.0 Å². The van der Waals surface area contributed by atoms with Crippen molar-refractivity contribution in [3.05, 3.63) is 0 Å². The Kier molecular flexibility index (Phi) is 5.23. The zero-order chi connectivity index (χ0) is 8.85. The van der Waals surface area contributed by atoms with Crippen LogP contribution in [0.4, 0.5) is 0 Å². The molecule has 0 heterocycles. The largest absolute Gasteiger partial charge is 0.475 e. The van der Waals surface area contributed by atoms with Crippen molar-refractivity contribution in [1.82, 2.24) is 4.72 Å². The van der Waals surface area contributed by atoms with Gasteiger partial charge in [-0.15, -0.1) is 0 Å². The standard InChI is InChI=1S/C6H11NO2S2/c1-4(2)9-6(10)11-7-5(3)8/h4H,1-3H3,(H,7,8). The van der Waals surface area contributed by atoms with Crippen molar-refractivity contribution in [2.45, 2.75) is 26.9 Å². The van der Waals surface area contributed by atoms with Crippen LogP contribution in [0.3, 0.4) is 0 Å². The van der Waals surface area contributed by atoms with Crippen LogP contribution in [0.15, 0.2) is 0 Å². The molecular weight excluding hydrogens is 182 g/mol. The van der Waals surface area contributed by atoms with Crippen LogP contribution in [0.25, 0.3) is 0 Å². The summed E-state index contributed by atoms with van der Waals surface area (Å²) in [5, 5.41) is 0. The lowest BCUT2D eigenvalue weighted by molar-refractivity contribution is -0.117. The van der Waals surface area contributed by atoms with Gasteiger partial charge in [0.05, 0.1) is 6.10 Å². The number of carbonyl (C=O) groups is 1. The molecular formula is C6H11NO2S2. The second kappa shape index (κ2) is 5.37. The van der Waals surface area contributed by atoms with E-state index in [1.807, 2.05) is 13.8 Å². The van der Waals surface area contributed by atoms with Crippen molar-refractivity contribution in [3.63, 3.8) is 0 Å². The Morgan fingerprint density at radius 2 is 2.18 bits per heavy atom. The molecule has 0 rings (SSSR count). The second-order valence-electron chi connectivity index (χ2n) is 2.18. The van der Waals surface area contributed by atoms with Crippen molar-refractivity contribution < 1.29 is 9.53 Å². The molecule has 64 valence electrons. The highest BCUT2D eigenvalue weighted by Gasteiger charge is 2.01. The van der Waals surface area contributed by atoms with E-state index in [1.165, 1.54) is 6.92 Å². The van der Waals surface area contributed by atoms with Gasteiger partial charge in [-0.25, -0.2) is 0 Å². The average Bonchev–Trinajstić information content (AvgIpc) is 1.82. The first kappa shape index (κ1) is 10.7. The molecule has 1 N–H and O–H groups in total. The van der Waals surface area contributed by atoms with Crippen LogP contribution in [0.2, 0.25) is 0 Å². The highest BCUT2D eigenvalue weighted by Crippen LogP contribution is 2.03. The summed E-state index contributed by atoms with van der Waals surface area (Å²) in [5.41, 5.74) is 0. The van der Waals surface area contributed by atoms with Gasteiger partial charge in [0.1, 0.15) is 0 Å². The molecule has 1 amide bonds. The Morgan fingerprint density at radius 1 is 1.64 bits per heavy atom. The Balaban J connectivity index is 3.45. The number of hydrogen-bond donors (Lipinski definition) is 1. The van der Waals surface area contributed by atoms with Gasteiger partial charge in [0.2, 0.25) is 10.3 Å². The summed E-state index contributed by atoms with van der Waals surface area (Å²) < 4.78 is 7.89. The van der Waals surface area contributed by atoms with Crippen LogP contribution in [0.5, 0.6) is 0 Å². The molecule has 0 aliphatic heterocycles. The predicted octanol–water partition coefficient (Wildman–Crippen LogP) is 1.48.